The third-order valence-electron chi connectivity index (χ3n) is 12.2. The van der Waals surface area contributed by atoms with Crippen molar-refractivity contribution < 1.29 is 54.5 Å². The van der Waals surface area contributed by atoms with Crippen LogP contribution in [-0.2, 0) is 29.0 Å². The maximum Gasteiger partial charge on any atom is 0.410 e. The molecule has 2 amide bonds. The summed E-state index contributed by atoms with van der Waals surface area (Å²) in [4.78, 5) is 27.5. The molecule has 2 heterocycles. The third kappa shape index (κ3) is 15.6. The van der Waals surface area contributed by atoms with E-state index < -0.39 is 60.4 Å². The number of halogens is 4. The number of nitrogens with one attached hydrogen (secondary N) is 1. The van der Waals surface area contributed by atoms with Gasteiger partial charge in [0.1, 0.15) is 0 Å². The van der Waals surface area contributed by atoms with Crippen LogP contribution in [0.3, 0.4) is 0 Å². The maximum absolute atomic E-state index is 12.5. The average Bonchev–Trinajstić information content (AvgIpc) is 3.69. The highest BCUT2D eigenvalue weighted by Gasteiger charge is 2.45. The van der Waals surface area contributed by atoms with Crippen LogP contribution in [0.2, 0.25) is 0 Å². The number of rotatable bonds is 14. The minimum absolute atomic E-state index is 0. The number of ether oxygens (including phenoxy) is 4. The number of nitrogens with zero attached hydrogens (tertiary/aromatic N) is 2. The summed E-state index contributed by atoms with van der Waals surface area (Å²) in [6, 6.07) is 18.6. The summed E-state index contributed by atoms with van der Waals surface area (Å²) in [7, 11) is -3.52. The molecule has 6 rings (SSSR count). The van der Waals surface area contributed by atoms with Gasteiger partial charge in [-0.2, -0.15) is 0 Å². The molecule has 0 unspecified atom stereocenters. The molecule has 2 saturated heterocycles. The normalized spacial score (nSPS) is 28.7. The van der Waals surface area contributed by atoms with Gasteiger partial charge in [0.05, 0.1) is 43.8 Å². The first kappa shape index (κ1) is 52.8. The van der Waals surface area contributed by atoms with Gasteiger partial charge in [0.25, 0.3) is 12.9 Å². The summed E-state index contributed by atoms with van der Waals surface area (Å²) >= 11 is 0. The van der Waals surface area contributed by atoms with Crippen LogP contribution in [0.1, 0.15) is 116 Å². The number of sulfonamides is 1. The number of carbonyl (C=O) groups excluding carboxylic acids is 2. The van der Waals surface area contributed by atoms with Crippen LogP contribution < -0.4 is 10.5 Å². The monoisotopic (exact) mass is 902 g/mol. The molecule has 4 aliphatic rings. The van der Waals surface area contributed by atoms with Gasteiger partial charge in [-0.15, -0.1) is 0 Å². The van der Waals surface area contributed by atoms with Crippen LogP contribution >= 0.6 is 0 Å². The molecule has 2 aromatic carbocycles. The standard InChI is InChI=1S/C22H32F2N2O5S.C21H30F2N2O3.2CH4/c1-15-12-19(25-32(2,28)29)20(26(15)22(27)31-14-21(23)24)13-30-18-10-8-17(9-11-18)16-6-4-3-5-7-16;1-14-11-18(24)19(25(14)21(26)28-13-20(22)23)12-27-17-9-7-16(8-10-17)15-5-3-2-4-6-15;;/h3-7,15,17-21,25H,8-14H2,1-2H3;2-6,14,16-20H,7-13,24H2,1H3;2*1H4/t15-,17?,18?,19+,20+;14-,16?,17?,18+,19+;;/m11../s1. The molecule has 2 aliphatic heterocycles. The molecule has 0 aromatic heterocycles. The van der Waals surface area contributed by atoms with Gasteiger partial charge in [-0.05, 0) is 101 Å². The van der Waals surface area contributed by atoms with Crippen LogP contribution in [0.5, 0.6) is 0 Å². The molecule has 3 N–H and O–H groups in total. The van der Waals surface area contributed by atoms with Gasteiger partial charge in [0.2, 0.25) is 10.0 Å². The highest BCUT2D eigenvalue weighted by atomic mass is 32.2. The molecule has 6 atom stereocenters. The average molecular weight is 903 g/mol. The predicted octanol–water partition coefficient (Wildman–Crippen LogP) is 8.71. The van der Waals surface area contributed by atoms with E-state index >= 15 is 0 Å². The van der Waals surface area contributed by atoms with Crippen LogP contribution in [0.25, 0.3) is 0 Å². The van der Waals surface area contributed by atoms with Crippen molar-refractivity contribution in [1.82, 2.24) is 14.5 Å². The van der Waals surface area contributed by atoms with Crippen LogP contribution in [0.15, 0.2) is 60.7 Å². The first-order valence-electron chi connectivity index (χ1n) is 21.1. The van der Waals surface area contributed by atoms with E-state index in [0.29, 0.717) is 31.3 Å². The lowest BCUT2D eigenvalue weighted by Crippen LogP contribution is -2.50. The number of hydrogen-bond donors (Lipinski definition) is 2. The zero-order valence-electron chi connectivity index (χ0n) is 34.8. The van der Waals surface area contributed by atoms with Crippen molar-refractivity contribution in [2.24, 2.45) is 5.73 Å². The van der Waals surface area contributed by atoms with Gasteiger partial charge in [-0.25, -0.2) is 40.3 Å². The highest BCUT2D eigenvalue weighted by Crippen LogP contribution is 2.36. The van der Waals surface area contributed by atoms with Gasteiger partial charge in [0, 0.05) is 24.2 Å². The summed E-state index contributed by atoms with van der Waals surface area (Å²) in [5.41, 5.74) is 8.89. The van der Waals surface area contributed by atoms with Crippen LogP contribution in [0.4, 0.5) is 27.2 Å². The second kappa shape index (κ2) is 25.1. The molecule has 4 fully saturated rings. The van der Waals surface area contributed by atoms with E-state index in [1.165, 1.54) is 20.9 Å². The van der Waals surface area contributed by atoms with Crippen LogP contribution in [-0.4, -0.2) is 124 Å². The van der Waals surface area contributed by atoms with Crippen LogP contribution in [0, 0.1) is 0 Å². The number of hydrogen-bond acceptors (Lipinski definition) is 9. The van der Waals surface area contributed by atoms with Crippen molar-refractivity contribution >= 4 is 22.2 Å². The van der Waals surface area contributed by atoms with Gasteiger partial charge in [-0.3, -0.25) is 9.80 Å². The van der Waals surface area contributed by atoms with E-state index in [1.807, 2.05) is 31.2 Å². The third-order valence-corrected chi connectivity index (χ3v) is 12.9. The fourth-order valence-corrected chi connectivity index (χ4v) is 10.1. The molecule has 62 heavy (non-hydrogen) atoms. The minimum atomic E-state index is -3.52. The molecule has 2 aromatic rings. The Hall–Kier alpha value is -3.51. The minimum Gasteiger partial charge on any atom is -0.443 e. The second-order valence-electron chi connectivity index (χ2n) is 16.7. The molecule has 2 saturated carbocycles. The van der Waals surface area contributed by atoms with E-state index in [0.717, 1.165) is 57.6 Å². The summed E-state index contributed by atoms with van der Waals surface area (Å²) in [6.45, 7) is 2.13. The maximum atomic E-state index is 12.5. The highest BCUT2D eigenvalue weighted by molar-refractivity contribution is 7.88. The number of carbonyl (C=O) groups is 2. The van der Waals surface area contributed by atoms with Crippen molar-refractivity contribution in [2.75, 3.05) is 32.7 Å². The Bertz CT molecular complexity index is 1720. The zero-order valence-corrected chi connectivity index (χ0v) is 35.6. The summed E-state index contributed by atoms with van der Waals surface area (Å²) < 4.78 is 97.6. The molecule has 12 nitrogen and oxygen atoms in total. The SMILES string of the molecule is C.C.C[C@@H]1C[C@H](N)[C@H](COC2CCC(c3ccccc3)CC2)N1C(=O)OCC(F)F.C[C@@H]1C[C@H](NS(C)(=O)=O)[C@H](COC2CCC(c3ccccc3)CC2)N1C(=O)OCC(F)F. The van der Waals surface area contributed by atoms with Gasteiger partial charge < -0.3 is 24.7 Å². The molecular formula is C45H70F4N4O8S. The molecule has 0 spiro atoms. The van der Waals surface area contributed by atoms with Crippen molar-refractivity contribution in [3.8, 4) is 0 Å². The quantitative estimate of drug-likeness (QED) is 0.178. The lowest BCUT2D eigenvalue weighted by molar-refractivity contribution is -0.0170. The largest absolute Gasteiger partial charge is 0.443 e. The Labute approximate surface area is 366 Å². The summed E-state index contributed by atoms with van der Waals surface area (Å²) in [5.74, 6) is 1.05. The number of alkyl halides is 4. The summed E-state index contributed by atoms with van der Waals surface area (Å²) in [5, 5.41) is 0. The Morgan fingerprint density at radius 1 is 0.677 bits per heavy atom. The molecular weight excluding hydrogens is 833 g/mol. The topological polar surface area (TPSA) is 150 Å². The molecule has 17 heteroatoms. The molecule has 352 valence electrons. The van der Waals surface area contributed by atoms with Crippen molar-refractivity contribution in [3.05, 3.63) is 71.8 Å². The Morgan fingerprint density at radius 2 is 1.06 bits per heavy atom. The fourth-order valence-electron chi connectivity index (χ4n) is 9.25. The summed E-state index contributed by atoms with van der Waals surface area (Å²) in [6.07, 6.45) is 2.88. The molecule has 2 aliphatic carbocycles. The molecule has 0 radical (unpaired) electrons. The van der Waals surface area contributed by atoms with E-state index in [9.17, 15) is 35.6 Å². The first-order valence-corrected chi connectivity index (χ1v) is 23.0. The smallest absolute Gasteiger partial charge is 0.410 e. The van der Waals surface area contributed by atoms with E-state index in [1.54, 1.807) is 6.92 Å². The number of likely N-dealkylation sites (tertiary alicyclic amines) is 2. The van der Waals surface area contributed by atoms with E-state index in [2.05, 4.69) is 41.1 Å². The van der Waals surface area contributed by atoms with Crippen molar-refractivity contribution in [1.29, 1.82) is 0 Å². The van der Waals surface area contributed by atoms with E-state index in [-0.39, 0.29) is 57.8 Å². The van der Waals surface area contributed by atoms with Gasteiger partial charge in [-0.1, -0.05) is 75.5 Å². The van der Waals surface area contributed by atoms with Gasteiger partial charge >= 0.3 is 12.2 Å². The lowest BCUT2D eigenvalue weighted by Gasteiger charge is -2.33. The number of amides is 2. The fraction of sp³-hybridized carbons (Fsp3) is 0.689. The van der Waals surface area contributed by atoms with Gasteiger partial charge in [0.15, 0.2) is 13.2 Å². The Kier molecular flexibility index (Phi) is 21.4. The number of benzene rings is 2. The van der Waals surface area contributed by atoms with Crippen molar-refractivity contribution in [2.45, 2.75) is 166 Å². The Morgan fingerprint density at radius 3 is 1.47 bits per heavy atom. The predicted molar refractivity (Wildman–Crippen MR) is 232 cm³/mol. The van der Waals surface area contributed by atoms with E-state index in [4.69, 9.17) is 24.7 Å². The zero-order chi connectivity index (χ0) is 43.4. The van der Waals surface area contributed by atoms with Crippen molar-refractivity contribution in [3.63, 3.8) is 0 Å². The number of nitrogens with two attached hydrogens (primary N) is 1. The first-order chi connectivity index (χ1) is 28.6. The second-order valence-corrected chi connectivity index (χ2v) is 18.4. The molecule has 0 bridgehead atoms. The Balaban J connectivity index is 0.000000323. The lowest BCUT2D eigenvalue weighted by atomic mass is 9.83.